The van der Waals surface area contributed by atoms with Gasteiger partial charge in [0.15, 0.2) is 11.5 Å². The van der Waals surface area contributed by atoms with Crippen LogP contribution in [0.2, 0.25) is 0 Å². The van der Waals surface area contributed by atoms with E-state index in [0.29, 0.717) is 24.7 Å². The molecule has 0 radical (unpaired) electrons. The molecule has 0 amide bonds. The highest BCUT2D eigenvalue weighted by atomic mass is 16.5. The van der Waals surface area contributed by atoms with E-state index in [2.05, 4.69) is 12.1 Å². The lowest BCUT2D eigenvalue weighted by Crippen LogP contribution is -1.93. The molecule has 0 spiro atoms. The monoisotopic (exact) mass is 272 g/mol. The van der Waals surface area contributed by atoms with Crippen LogP contribution < -0.4 is 9.47 Å². The van der Waals surface area contributed by atoms with E-state index < -0.39 is 0 Å². The van der Waals surface area contributed by atoms with E-state index in [0.717, 1.165) is 11.1 Å². The number of methoxy groups -OCH3 is 2. The number of phenolic OH excluding ortho intramolecular Hbond substituents is 1. The van der Waals surface area contributed by atoms with Crippen molar-refractivity contribution in [3.63, 3.8) is 0 Å². The fourth-order valence-corrected chi connectivity index (χ4v) is 2.49. The fraction of sp³-hybridized carbons (Fsp3) is 0.250. The molecule has 1 aliphatic heterocycles. The normalized spacial score (nSPS) is 13.1. The number of hydrogen-bond donors (Lipinski definition) is 1. The largest absolute Gasteiger partial charge is 0.502 e. The minimum Gasteiger partial charge on any atom is -0.502 e. The third-order valence-electron chi connectivity index (χ3n) is 3.55. The Morgan fingerprint density at radius 3 is 2.55 bits per heavy atom. The quantitative estimate of drug-likeness (QED) is 0.932. The topological polar surface area (TPSA) is 47.9 Å². The summed E-state index contributed by atoms with van der Waals surface area (Å²) >= 11 is 0. The fourth-order valence-electron chi connectivity index (χ4n) is 2.49. The van der Waals surface area contributed by atoms with Crippen LogP contribution in [0.15, 0.2) is 30.3 Å². The first-order valence-corrected chi connectivity index (χ1v) is 6.38. The standard InChI is InChI=1S/C16H16O4/c1-18-14-6-5-13(16(19-2)15(14)17)10-3-4-11-8-20-9-12(11)7-10/h3-7,17H,8-9H2,1-2H3. The highest BCUT2D eigenvalue weighted by Crippen LogP contribution is 2.43. The van der Waals surface area contributed by atoms with Gasteiger partial charge in [0.25, 0.3) is 0 Å². The van der Waals surface area contributed by atoms with Crippen molar-refractivity contribution in [3.05, 3.63) is 41.5 Å². The smallest absolute Gasteiger partial charge is 0.201 e. The van der Waals surface area contributed by atoms with Gasteiger partial charge >= 0.3 is 0 Å². The summed E-state index contributed by atoms with van der Waals surface area (Å²) in [4.78, 5) is 0. The summed E-state index contributed by atoms with van der Waals surface area (Å²) in [5, 5.41) is 10.1. The average molecular weight is 272 g/mol. The van der Waals surface area contributed by atoms with Gasteiger partial charge in [-0.1, -0.05) is 12.1 Å². The third-order valence-corrected chi connectivity index (χ3v) is 3.55. The van der Waals surface area contributed by atoms with Crippen LogP contribution >= 0.6 is 0 Å². The van der Waals surface area contributed by atoms with Crippen LogP contribution in [0.4, 0.5) is 0 Å². The van der Waals surface area contributed by atoms with Crippen molar-refractivity contribution < 1.29 is 19.3 Å². The molecule has 0 aliphatic carbocycles. The molecule has 4 nitrogen and oxygen atoms in total. The van der Waals surface area contributed by atoms with E-state index in [-0.39, 0.29) is 5.75 Å². The van der Waals surface area contributed by atoms with Crippen molar-refractivity contribution in [2.24, 2.45) is 0 Å². The SMILES string of the molecule is COc1ccc(-c2ccc3c(c2)COC3)c(OC)c1O. The molecule has 2 aromatic rings. The first-order chi connectivity index (χ1) is 9.74. The second-order valence-corrected chi connectivity index (χ2v) is 4.67. The van der Waals surface area contributed by atoms with E-state index in [4.69, 9.17) is 14.2 Å². The minimum atomic E-state index is 0.0178. The van der Waals surface area contributed by atoms with E-state index >= 15 is 0 Å². The molecule has 2 aromatic carbocycles. The molecule has 0 saturated carbocycles. The van der Waals surface area contributed by atoms with Crippen LogP contribution in [0.3, 0.4) is 0 Å². The van der Waals surface area contributed by atoms with Gasteiger partial charge in [-0.25, -0.2) is 0 Å². The number of ether oxygens (including phenoxy) is 3. The molecule has 4 heteroatoms. The molecule has 0 atom stereocenters. The number of phenols is 1. The maximum Gasteiger partial charge on any atom is 0.201 e. The van der Waals surface area contributed by atoms with Gasteiger partial charge in [-0.2, -0.15) is 0 Å². The molecule has 0 saturated heterocycles. The highest BCUT2D eigenvalue weighted by molar-refractivity contribution is 5.76. The van der Waals surface area contributed by atoms with E-state index in [9.17, 15) is 5.11 Å². The zero-order valence-electron chi connectivity index (χ0n) is 11.5. The second kappa shape index (κ2) is 5.06. The molecular weight excluding hydrogens is 256 g/mol. The Labute approximate surface area is 117 Å². The molecular formula is C16H16O4. The van der Waals surface area contributed by atoms with Gasteiger partial charge in [0.05, 0.1) is 27.4 Å². The second-order valence-electron chi connectivity index (χ2n) is 4.67. The zero-order valence-corrected chi connectivity index (χ0v) is 11.5. The van der Waals surface area contributed by atoms with Crippen molar-refractivity contribution in [1.82, 2.24) is 0 Å². The number of fused-ring (bicyclic) bond motifs is 1. The molecule has 1 N–H and O–H groups in total. The molecule has 0 fully saturated rings. The number of aromatic hydroxyl groups is 1. The molecule has 0 aromatic heterocycles. The number of rotatable bonds is 3. The van der Waals surface area contributed by atoms with E-state index in [1.54, 1.807) is 6.07 Å². The Kier molecular flexibility index (Phi) is 3.24. The van der Waals surface area contributed by atoms with Gasteiger partial charge in [0.2, 0.25) is 5.75 Å². The summed E-state index contributed by atoms with van der Waals surface area (Å²) in [6.45, 7) is 1.30. The average Bonchev–Trinajstić information content (AvgIpc) is 2.94. The molecule has 1 aliphatic rings. The van der Waals surface area contributed by atoms with Crippen molar-refractivity contribution in [2.45, 2.75) is 13.2 Å². The van der Waals surface area contributed by atoms with E-state index in [1.165, 1.54) is 25.3 Å². The van der Waals surface area contributed by atoms with Crippen LogP contribution in [0.25, 0.3) is 11.1 Å². The van der Waals surface area contributed by atoms with Gasteiger partial charge in [-0.3, -0.25) is 0 Å². The lowest BCUT2D eigenvalue weighted by Gasteiger charge is -2.13. The van der Waals surface area contributed by atoms with Gasteiger partial charge in [-0.15, -0.1) is 0 Å². The predicted octanol–water partition coefficient (Wildman–Crippen LogP) is 3.11. The molecule has 20 heavy (non-hydrogen) atoms. The van der Waals surface area contributed by atoms with Gasteiger partial charge in [0, 0.05) is 5.56 Å². The predicted molar refractivity (Wildman–Crippen MR) is 75.1 cm³/mol. The Bertz CT molecular complexity index is 649. The van der Waals surface area contributed by atoms with Crippen LogP contribution in [-0.4, -0.2) is 19.3 Å². The molecule has 0 bridgehead atoms. The molecule has 1 heterocycles. The molecule has 0 unspecified atom stereocenters. The first kappa shape index (κ1) is 12.8. The van der Waals surface area contributed by atoms with E-state index in [1.807, 2.05) is 12.1 Å². The lowest BCUT2D eigenvalue weighted by atomic mass is 9.99. The summed E-state index contributed by atoms with van der Waals surface area (Å²) < 4.78 is 15.9. The Balaban J connectivity index is 2.12. The zero-order chi connectivity index (χ0) is 14.1. The van der Waals surface area contributed by atoms with Crippen LogP contribution in [0.5, 0.6) is 17.2 Å². The highest BCUT2D eigenvalue weighted by Gasteiger charge is 2.17. The lowest BCUT2D eigenvalue weighted by molar-refractivity contribution is 0.134. The van der Waals surface area contributed by atoms with Gasteiger partial charge in [0.1, 0.15) is 0 Å². The minimum absolute atomic E-state index is 0.0178. The Morgan fingerprint density at radius 2 is 1.80 bits per heavy atom. The van der Waals surface area contributed by atoms with Crippen molar-refractivity contribution in [1.29, 1.82) is 0 Å². The van der Waals surface area contributed by atoms with Gasteiger partial charge < -0.3 is 19.3 Å². The van der Waals surface area contributed by atoms with Crippen LogP contribution in [0.1, 0.15) is 11.1 Å². The first-order valence-electron chi connectivity index (χ1n) is 6.38. The Hall–Kier alpha value is -2.20. The van der Waals surface area contributed by atoms with Crippen LogP contribution in [0, 0.1) is 0 Å². The summed E-state index contributed by atoms with van der Waals surface area (Å²) in [5.41, 5.74) is 4.22. The Morgan fingerprint density at radius 1 is 1.00 bits per heavy atom. The van der Waals surface area contributed by atoms with Gasteiger partial charge in [-0.05, 0) is 34.9 Å². The van der Waals surface area contributed by atoms with Crippen LogP contribution in [-0.2, 0) is 18.0 Å². The maximum absolute atomic E-state index is 10.1. The third kappa shape index (κ3) is 1.98. The number of benzene rings is 2. The van der Waals surface area contributed by atoms with Crippen molar-refractivity contribution in [2.75, 3.05) is 14.2 Å². The molecule has 3 rings (SSSR count). The van der Waals surface area contributed by atoms with Crippen molar-refractivity contribution in [3.8, 4) is 28.4 Å². The summed E-state index contributed by atoms with van der Waals surface area (Å²) in [6, 6.07) is 9.76. The maximum atomic E-state index is 10.1. The summed E-state index contributed by atoms with van der Waals surface area (Å²) in [5.74, 6) is 0.836. The van der Waals surface area contributed by atoms with Crippen molar-refractivity contribution >= 4 is 0 Å². The number of hydrogen-bond acceptors (Lipinski definition) is 4. The molecule has 104 valence electrons. The summed E-state index contributed by atoms with van der Waals surface area (Å²) in [6.07, 6.45) is 0. The summed E-state index contributed by atoms with van der Waals surface area (Å²) in [7, 11) is 3.05.